The molecule has 0 fully saturated rings. The van der Waals surface area contributed by atoms with Gasteiger partial charge in [-0.2, -0.15) is 15.4 Å². The molecule has 0 atom stereocenters. The van der Waals surface area contributed by atoms with Crippen LogP contribution in [0.1, 0.15) is 0 Å². The van der Waals surface area contributed by atoms with E-state index in [-0.39, 0.29) is 16.1 Å². The molecule has 0 aliphatic heterocycles. The Morgan fingerprint density at radius 3 is 2.67 bits per heavy atom. The van der Waals surface area contributed by atoms with E-state index >= 15 is 0 Å². The van der Waals surface area contributed by atoms with Gasteiger partial charge < -0.3 is 4.74 Å². The van der Waals surface area contributed by atoms with Crippen molar-refractivity contribution >= 4 is 22.6 Å². The van der Waals surface area contributed by atoms with Gasteiger partial charge in [-0.3, -0.25) is 0 Å². The Labute approximate surface area is 86.0 Å². The Morgan fingerprint density at radius 1 is 1.27 bits per heavy atom. The molecule has 4 nitrogen and oxygen atoms in total. The van der Waals surface area contributed by atoms with E-state index in [1.165, 1.54) is 6.07 Å². The first kappa shape index (κ1) is 10.0. The highest BCUT2D eigenvalue weighted by molar-refractivity contribution is 6.31. The molecule has 2 aromatic rings. The molecule has 1 aromatic heterocycles. The van der Waals surface area contributed by atoms with E-state index in [1.54, 1.807) is 0 Å². The molecule has 0 aliphatic rings. The van der Waals surface area contributed by atoms with E-state index in [0.29, 0.717) is 0 Å². The van der Waals surface area contributed by atoms with Crippen LogP contribution in [0.25, 0.3) is 11.0 Å². The standard InChI is InChI=1S/C7H3ClF3N3O/c8-3-1-4-6(13-14-12-4)5(2-3)15-7(9,10)11/h1-2H,(H,12,13,14). The second kappa shape index (κ2) is 3.27. The predicted molar refractivity (Wildman–Crippen MR) is 45.6 cm³/mol. The second-order valence-corrected chi connectivity index (χ2v) is 3.08. The van der Waals surface area contributed by atoms with Crippen molar-refractivity contribution in [2.24, 2.45) is 0 Å². The molecular weight excluding hydrogens is 235 g/mol. The quantitative estimate of drug-likeness (QED) is 0.829. The summed E-state index contributed by atoms with van der Waals surface area (Å²) in [5, 5.41) is 9.40. The Kier molecular flexibility index (Phi) is 2.18. The first-order chi connectivity index (χ1) is 6.96. The molecule has 0 aliphatic carbocycles. The number of rotatable bonds is 1. The van der Waals surface area contributed by atoms with Crippen LogP contribution in [-0.2, 0) is 0 Å². The number of ether oxygens (including phenoxy) is 1. The lowest BCUT2D eigenvalue weighted by Gasteiger charge is -2.08. The third kappa shape index (κ3) is 2.12. The summed E-state index contributed by atoms with van der Waals surface area (Å²) < 4.78 is 39.7. The normalized spacial score (nSPS) is 12.0. The van der Waals surface area contributed by atoms with Gasteiger partial charge in [0.2, 0.25) is 0 Å². The molecule has 0 spiro atoms. The van der Waals surface area contributed by atoms with Gasteiger partial charge in [-0.25, -0.2) is 0 Å². The fraction of sp³-hybridized carbons (Fsp3) is 0.143. The van der Waals surface area contributed by atoms with Gasteiger partial charge in [0.15, 0.2) is 11.3 Å². The largest absolute Gasteiger partial charge is 0.573 e. The van der Waals surface area contributed by atoms with Crippen molar-refractivity contribution in [2.75, 3.05) is 0 Å². The summed E-state index contributed by atoms with van der Waals surface area (Å²) in [6.45, 7) is 0. The summed E-state index contributed by atoms with van der Waals surface area (Å²) in [5.74, 6) is -0.473. The molecule has 0 saturated heterocycles. The minimum absolute atomic E-state index is 0.0169. The monoisotopic (exact) mass is 237 g/mol. The van der Waals surface area contributed by atoms with Crippen molar-refractivity contribution in [3.63, 3.8) is 0 Å². The van der Waals surface area contributed by atoms with Crippen LogP contribution in [-0.4, -0.2) is 21.8 Å². The topological polar surface area (TPSA) is 50.8 Å². The third-order valence-corrected chi connectivity index (χ3v) is 1.80. The van der Waals surface area contributed by atoms with E-state index < -0.39 is 12.1 Å². The summed E-state index contributed by atoms with van der Waals surface area (Å²) in [4.78, 5) is 0. The predicted octanol–water partition coefficient (Wildman–Crippen LogP) is 2.51. The third-order valence-electron chi connectivity index (χ3n) is 1.58. The molecule has 15 heavy (non-hydrogen) atoms. The molecule has 0 radical (unpaired) electrons. The number of hydrogen-bond acceptors (Lipinski definition) is 3. The summed E-state index contributed by atoms with van der Waals surface area (Å²) >= 11 is 5.58. The molecule has 1 aromatic carbocycles. The Balaban J connectivity index is 2.53. The molecule has 0 amide bonds. The van der Waals surface area contributed by atoms with Crippen molar-refractivity contribution in [3.8, 4) is 5.75 Å². The number of nitrogens with one attached hydrogen (secondary N) is 1. The van der Waals surface area contributed by atoms with E-state index in [9.17, 15) is 13.2 Å². The van der Waals surface area contributed by atoms with Gasteiger partial charge >= 0.3 is 6.36 Å². The van der Waals surface area contributed by atoms with Crippen molar-refractivity contribution in [2.45, 2.75) is 6.36 Å². The van der Waals surface area contributed by atoms with Crippen molar-refractivity contribution in [1.29, 1.82) is 0 Å². The first-order valence-electron chi connectivity index (χ1n) is 3.71. The number of fused-ring (bicyclic) bond motifs is 1. The molecule has 1 N–H and O–H groups in total. The average molecular weight is 238 g/mol. The Morgan fingerprint density at radius 2 is 2.00 bits per heavy atom. The zero-order valence-corrected chi connectivity index (χ0v) is 7.73. The number of H-pyrrole nitrogens is 1. The lowest BCUT2D eigenvalue weighted by atomic mass is 10.3. The van der Waals surface area contributed by atoms with E-state index in [4.69, 9.17) is 11.6 Å². The van der Waals surface area contributed by atoms with E-state index in [1.807, 2.05) is 0 Å². The number of hydrogen-bond donors (Lipinski definition) is 1. The summed E-state index contributed by atoms with van der Waals surface area (Å²) in [6, 6.07) is 2.41. The summed E-state index contributed by atoms with van der Waals surface area (Å²) in [7, 11) is 0. The van der Waals surface area contributed by atoms with Crippen LogP contribution in [0.3, 0.4) is 0 Å². The van der Waals surface area contributed by atoms with E-state index in [2.05, 4.69) is 20.1 Å². The molecule has 0 unspecified atom stereocenters. The molecule has 0 saturated carbocycles. The fourth-order valence-electron chi connectivity index (χ4n) is 1.09. The lowest BCUT2D eigenvalue weighted by molar-refractivity contribution is -0.274. The second-order valence-electron chi connectivity index (χ2n) is 2.64. The molecular formula is C7H3ClF3N3O. The van der Waals surface area contributed by atoms with Crippen LogP contribution in [0.4, 0.5) is 13.2 Å². The van der Waals surface area contributed by atoms with Gasteiger partial charge in [-0.1, -0.05) is 11.6 Å². The van der Waals surface area contributed by atoms with Gasteiger partial charge in [-0.15, -0.1) is 13.2 Å². The zero-order valence-electron chi connectivity index (χ0n) is 6.97. The number of aromatic amines is 1. The highest BCUT2D eigenvalue weighted by atomic mass is 35.5. The Bertz CT molecular complexity index is 496. The van der Waals surface area contributed by atoms with Crippen molar-refractivity contribution in [1.82, 2.24) is 15.4 Å². The van der Waals surface area contributed by atoms with Crippen LogP contribution in [0, 0.1) is 0 Å². The van der Waals surface area contributed by atoms with Crippen LogP contribution in [0.5, 0.6) is 5.75 Å². The molecule has 8 heteroatoms. The molecule has 2 rings (SSSR count). The molecule has 80 valence electrons. The minimum Gasteiger partial charge on any atom is -0.403 e. The zero-order chi connectivity index (χ0) is 11.1. The lowest BCUT2D eigenvalue weighted by Crippen LogP contribution is -2.17. The maximum atomic E-state index is 12.0. The average Bonchev–Trinajstić information content (AvgIpc) is 2.48. The number of nitrogens with zero attached hydrogens (tertiary/aromatic N) is 2. The minimum atomic E-state index is -4.78. The maximum absolute atomic E-state index is 12.0. The van der Waals surface area contributed by atoms with Gasteiger partial charge in [-0.05, 0) is 6.07 Å². The number of alkyl halides is 3. The summed E-state index contributed by atoms with van der Waals surface area (Å²) in [5.41, 5.74) is 0.193. The van der Waals surface area contributed by atoms with Gasteiger partial charge in [0.05, 0.1) is 0 Å². The summed E-state index contributed by atoms with van der Waals surface area (Å²) in [6.07, 6.45) is -4.78. The molecule has 0 bridgehead atoms. The van der Waals surface area contributed by atoms with Gasteiger partial charge in [0, 0.05) is 11.1 Å². The van der Waals surface area contributed by atoms with Crippen LogP contribution in [0.15, 0.2) is 12.1 Å². The van der Waals surface area contributed by atoms with E-state index in [0.717, 1.165) is 6.07 Å². The van der Waals surface area contributed by atoms with Crippen LogP contribution >= 0.6 is 11.6 Å². The van der Waals surface area contributed by atoms with Gasteiger partial charge in [0.25, 0.3) is 0 Å². The highest BCUT2D eigenvalue weighted by Crippen LogP contribution is 2.31. The van der Waals surface area contributed by atoms with Crippen molar-refractivity contribution in [3.05, 3.63) is 17.2 Å². The number of halogens is 4. The van der Waals surface area contributed by atoms with Crippen LogP contribution < -0.4 is 4.74 Å². The highest BCUT2D eigenvalue weighted by Gasteiger charge is 2.32. The maximum Gasteiger partial charge on any atom is 0.573 e. The first-order valence-corrected chi connectivity index (χ1v) is 4.09. The fourth-order valence-corrected chi connectivity index (χ4v) is 1.29. The molecule has 1 heterocycles. The smallest absolute Gasteiger partial charge is 0.403 e. The van der Waals surface area contributed by atoms with Gasteiger partial charge in [0.1, 0.15) is 5.52 Å². The Hall–Kier alpha value is -1.50. The number of benzene rings is 1. The number of aromatic nitrogens is 3. The SMILES string of the molecule is FC(F)(F)Oc1cc(Cl)cc2n[nH]nc12. The van der Waals surface area contributed by atoms with Crippen LogP contribution in [0.2, 0.25) is 5.02 Å². The van der Waals surface area contributed by atoms with Crippen molar-refractivity contribution < 1.29 is 17.9 Å².